The fourth-order valence-electron chi connectivity index (χ4n) is 2.18. The molecule has 0 aromatic heterocycles. The number of halogens is 1. The van der Waals surface area contributed by atoms with Crippen molar-refractivity contribution < 1.29 is 14.2 Å². The van der Waals surface area contributed by atoms with Crippen molar-refractivity contribution in [2.24, 2.45) is 5.73 Å². The summed E-state index contributed by atoms with van der Waals surface area (Å²) in [4.78, 5) is 0. The van der Waals surface area contributed by atoms with Gasteiger partial charge in [0.25, 0.3) is 0 Å². The van der Waals surface area contributed by atoms with E-state index in [1.54, 1.807) is 27.4 Å². The van der Waals surface area contributed by atoms with Crippen LogP contribution in [0.2, 0.25) is 5.02 Å². The van der Waals surface area contributed by atoms with Gasteiger partial charge in [-0.2, -0.15) is 0 Å². The Bertz CT molecular complexity index is 631. The lowest BCUT2D eigenvalue weighted by Crippen LogP contribution is -2.13. The van der Waals surface area contributed by atoms with Crippen LogP contribution in [-0.2, 0) is 0 Å². The Morgan fingerprint density at radius 1 is 0.905 bits per heavy atom. The lowest BCUT2D eigenvalue weighted by Gasteiger charge is -2.19. The topological polar surface area (TPSA) is 53.7 Å². The van der Waals surface area contributed by atoms with Gasteiger partial charge in [-0.1, -0.05) is 23.7 Å². The largest absolute Gasteiger partial charge is 0.496 e. The first kappa shape index (κ1) is 15.5. The fraction of sp³-hybridized carbons (Fsp3) is 0.250. The van der Waals surface area contributed by atoms with E-state index >= 15 is 0 Å². The summed E-state index contributed by atoms with van der Waals surface area (Å²) >= 11 is 6.02. The summed E-state index contributed by atoms with van der Waals surface area (Å²) in [6.07, 6.45) is 0. The van der Waals surface area contributed by atoms with Crippen LogP contribution in [0.15, 0.2) is 36.4 Å². The number of hydrogen-bond acceptors (Lipinski definition) is 4. The minimum Gasteiger partial charge on any atom is -0.496 e. The van der Waals surface area contributed by atoms with E-state index in [-0.39, 0.29) is 6.04 Å². The molecular formula is C16H18ClNO3. The monoisotopic (exact) mass is 307 g/mol. The number of rotatable bonds is 5. The van der Waals surface area contributed by atoms with Crippen molar-refractivity contribution in [3.8, 4) is 17.2 Å². The van der Waals surface area contributed by atoms with Crippen molar-refractivity contribution >= 4 is 11.6 Å². The molecule has 4 nitrogen and oxygen atoms in total. The van der Waals surface area contributed by atoms with Crippen LogP contribution >= 0.6 is 11.6 Å². The fourth-order valence-corrected chi connectivity index (χ4v) is 2.37. The Morgan fingerprint density at radius 3 is 2.10 bits per heavy atom. The van der Waals surface area contributed by atoms with E-state index in [2.05, 4.69) is 0 Å². The first-order valence-electron chi connectivity index (χ1n) is 6.41. The Balaban J connectivity index is 2.51. The smallest absolute Gasteiger partial charge is 0.164 e. The van der Waals surface area contributed by atoms with Crippen molar-refractivity contribution in [3.63, 3.8) is 0 Å². The normalized spacial score (nSPS) is 11.9. The summed E-state index contributed by atoms with van der Waals surface area (Å²) in [6, 6.07) is 10.6. The average Bonchev–Trinajstić information content (AvgIpc) is 2.52. The third kappa shape index (κ3) is 3.23. The van der Waals surface area contributed by atoms with Crippen molar-refractivity contribution in [3.05, 3.63) is 52.5 Å². The summed E-state index contributed by atoms with van der Waals surface area (Å²) in [6.45, 7) is 0. The second kappa shape index (κ2) is 6.70. The van der Waals surface area contributed by atoms with E-state index in [0.29, 0.717) is 22.3 Å². The summed E-state index contributed by atoms with van der Waals surface area (Å²) in [5, 5.41) is 0.641. The van der Waals surface area contributed by atoms with Gasteiger partial charge in [-0.15, -0.1) is 0 Å². The molecule has 2 aromatic carbocycles. The second-order valence-corrected chi connectivity index (χ2v) is 4.92. The van der Waals surface area contributed by atoms with E-state index in [1.807, 2.05) is 30.3 Å². The molecule has 0 aliphatic rings. The molecule has 0 bridgehead atoms. The van der Waals surface area contributed by atoms with Gasteiger partial charge < -0.3 is 19.9 Å². The first-order valence-corrected chi connectivity index (χ1v) is 6.79. The highest BCUT2D eigenvalue weighted by atomic mass is 35.5. The van der Waals surface area contributed by atoms with Crippen LogP contribution in [-0.4, -0.2) is 21.3 Å². The van der Waals surface area contributed by atoms with Gasteiger partial charge >= 0.3 is 0 Å². The maximum atomic E-state index is 6.34. The third-order valence-corrected chi connectivity index (χ3v) is 3.51. The predicted octanol–water partition coefficient (Wildman–Crippen LogP) is 3.41. The number of methoxy groups -OCH3 is 3. The molecule has 0 aliphatic carbocycles. The standard InChI is InChI=1S/C16H18ClNO3/c1-19-13-9-15(21-3)14(20-2)8-12(13)16(18)10-5-4-6-11(17)7-10/h4-9,16H,18H2,1-3H3. The molecule has 5 heteroatoms. The zero-order chi connectivity index (χ0) is 15.4. The average molecular weight is 308 g/mol. The summed E-state index contributed by atoms with van der Waals surface area (Å²) in [7, 11) is 4.75. The molecule has 0 aliphatic heterocycles. The molecule has 0 saturated carbocycles. The van der Waals surface area contributed by atoms with Crippen molar-refractivity contribution in [2.75, 3.05) is 21.3 Å². The first-order chi connectivity index (χ1) is 10.1. The minimum atomic E-state index is -0.376. The third-order valence-electron chi connectivity index (χ3n) is 3.28. The van der Waals surface area contributed by atoms with E-state index in [9.17, 15) is 0 Å². The van der Waals surface area contributed by atoms with Gasteiger partial charge in [-0.3, -0.25) is 0 Å². The summed E-state index contributed by atoms with van der Waals surface area (Å²) in [5.41, 5.74) is 8.04. The highest BCUT2D eigenvalue weighted by Gasteiger charge is 2.18. The van der Waals surface area contributed by atoms with Crippen LogP contribution in [0.4, 0.5) is 0 Å². The Morgan fingerprint density at radius 2 is 1.52 bits per heavy atom. The van der Waals surface area contributed by atoms with Crippen LogP contribution in [0.25, 0.3) is 0 Å². The molecule has 1 unspecified atom stereocenters. The molecule has 0 saturated heterocycles. The van der Waals surface area contributed by atoms with Gasteiger partial charge in [0.05, 0.1) is 27.4 Å². The maximum absolute atomic E-state index is 6.34. The van der Waals surface area contributed by atoms with Gasteiger partial charge in [0.2, 0.25) is 0 Å². The van der Waals surface area contributed by atoms with Crippen LogP contribution in [0.5, 0.6) is 17.2 Å². The highest BCUT2D eigenvalue weighted by Crippen LogP contribution is 2.38. The van der Waals surface area contributed by atoms with Gasteiger partial charge in [-0.05, 0) is 23.8 Å². The van der Waals surface area contributed by atoms with Crippen molar-refractivity contribution in [1.82, 2.24) is 0 Å². The van der Waals surface area contributed by atoms with Crippen LogP contribution in [0.3, 0.4) is 0 Å². The van der Waals surface area contributed by atoms with Crippen molar-refractivity contribution in [1.29, 1.82) is 0 Å². The number of hydrogen-bond donors (Lipinski definition) is 1. The molecule has 0 amide bonds. The highest BCUT2D eigenvalue weighted by molar-refractivity contribution is 6.30. The Labute approximate surface area is 129 Å². The van der Waals surface area contributed by atoms with Gasteiger partial charge in [0.15, 0.2) is 11.5 Å². The van der Waals surface area contributed by atoms with Crippen LogP contribution in [0.1, 0.15) is 17.2 Å². The molecule has 0 fully saturated rings. The van der Waals surface area contributed by atoms with Gasteiger partial charge in [0, 0.05) is 16.7 Å². The van der Waals surface area contributed by atoms with E-state index in [4.69, 9.17) is 31.5 Å². The molecule has 0 heterocycles. The van der Waals surface area contributed by atoms with Crippen LogP contribution in [0, 0.1) is 0 Å². The Hall–Kier alpha value is -1.91. The van der Waals surface area contributed by atoms with E-state index < -0.39 is 0 Å². The lowest BCUT2D eigenvalue weighted by atomic mass is 9.98. The Kier molecular flexibility index (Phi) is 4.94. The quantitative estimate of drug-likeness (QED) is 0.919. The number of nitrogens with two attached hydrogens (primary N) is 1. The zero-order valence-corrected chi connectivity index (χ0v) is 13.0. The van der Waals surface area contributed by atoms with E-state index in [1.165, 1.54) is 0 Å². The molecule has 0 radical (unpaired) electrons. The zero-order valence-electron chi connectivity index (χ0n) is 12.2. The van der Waals surface area contributed by atoms with Crippen molar-refractivity contribution in [2.45, 2.75) is 6.04 Å². The van der Waals surface area contributed by atoms with Gasteiger partial charge in [-0.25, -0.2) is 0 Å². The molecular weight excluding hydrogens is 290 g/mol. The summed E-state index contributed by atoms with van der Waals surface area (Å²) < 4.78 is 16.0. The molecule has 2 rings (SSSR count). The maximum Gasteiger partial charge on any atom is 0.164 e. The molecule has 2 aromatic rings. The molecule has 1 atom stereocenters. The molecule has 112 valence electrons. The van der Waals surface area contributed by atoms with Gasteiger partial charge in [0.1, 0.15) is 5.75 Å². The molecule has 2 N–H and O–H groups in total. The SMILES string of the molecule is COc1cc(OC)c(C(N)c2cccc(Cl)c2)cc1OC. The molecule has 21 heavy (non-hydrogen) atoms. The lowest BCUT2D eigenvalue weighted by molar-refractivity contribution is 0.347. The van der Waals surface area contributed by atoms with Crippen LogP contribution < -0.4 is 19.9 Å². The molecule has 0 spiro atoms. The second-order valence-electron chi connectivity index (χ2n) is 4.48. The summed E-state index contributed by atoms with van der Waals surface area (Å²) in [5.74, 6) is 1.84. The van der Waals surface area contributed by atoms with E-state index in [0.717, 1.165) is 11.1 Å². The number of benzene rings is 2. The minimum absolute atomic E-state index is 0.376. The predicted molar refractivity (Wildman–Crippen MR) is 83.6 cm³/mol. The number of ether oxygens (including phenoxy) is 3.